The van der Waals surface area contributed by atoms with Crippen molar-refractivity contribution in [1.29, 1.82) is 0 Å². The third-order valence-corrected chi connectivity index (χ3v) is 5.16. The average molecular weight is 392 g/mol. The summed E-state index contributed by atoms with van der Waals surface area (Å²) in [6.45, 7) is 3.94. The third-order valence-electron chi connectivity index (χ3n) is 5.16. The van der Waals surface area contributed by atoms with Crippen molar-refractivity contribution in [3.63, 3.8) is 0 Å². The Bertz CT molecular complexity index is 987. The van der Waals surface area contributed by atoms with E-state index in [4.69, 9.17) is 0 Å². The van der Waals surface area contributed by atoms with Gasteiger partial charge in [-0.15, -0.1) is 0 Å². The third kappa shape index (κ3) is 4.43. The summed E-state index contributed by atoms with van der Waals surface area (Å²) >= 11 is 0. The topological polar surface area (TPSA) is 96.2 Å². The van der Waals surface area contributed by atoms with Crippen LogP contribution in [-0.4, -0.2) is 47.6 Å². The summed E-state index contributed by atoms with van der Waals surface area (Å²) in [6, 6.07) is 13.6. The monoisotopic (exact) mass is 392 g/mol. The molecular formula is C21H24N6O2. The van der Waals surface area contributed by atoms with Crippen LogP contribution in [0.2, 0.25) is 0 Å². The summed E-state index contributed by atoms with van der Waals surface area (Å²) in [5.41, 5.74) is 2.65. The van der Waals surface area contributed by atoms with Gasteiger partial charge in [0.15, 0.2) is 0 Å². The van der Waals surface area contributed by atoms with Crippen LogP contribution in [-0.2, 0) is 6.42 Å². The normalized spacial score (nSPS) is 14.6. The molecule has 0 aliphatic carbocycles. The van der Waals surface area contributed by atoms with Gasteiger partial charge in [0.05, 0.1) is 10.4 Å². The molecule has 0 saturated carbocycles. The molecule has 1 fully saturated rings. The van der Waals surface area contributed by atoms with Crippen molar-refractivity contribution < 1.29 is 4.92 Å². The molecule has 0 bridgehead atoms. The van der Waals surface area contributed by atoms with Crippen molar-refractivity contribution in [2.75, 3.05) is 42.9 Å². The number of rotatable bonds is 6. The van der Waals surface area contributed by atoms with E-state index in [1.807, 2.05) is 24.3 Å². The summed E-state index contributed by atoms with van der Waals surface area (Å²) in [4.78, 5) is 22.3. The van der Waals surface area contributed by atoms with Gasteiger partial charge >= 0.3 is 0 Å². The molecule has 2 N–H and O–H groups in total. The fraction of sp³-hybridized carbons (Fsp3) is 0.333. The van der Waals surface area contributed by atoms with E-state index in [9.17, 15) is 10.1 Å². The van der Waals surface area contributed by atoms with Crippen molar-refractivity contribution in [1.82, 2.24) is 15.3 Å². The van der Waals surface area contributed by atoms with E-state index in [1.54, 1.807) is 6.07 Å². The van der Waals surface area contributed by atoms with E-state index in [1.165, 1.54) is 11.9 Å². The molecule has 29 heavy (non-hydrogen) atoms. The van der Waals surface area contributed by atoms with Crippen LogP contribution in [0.15, 0.2) is 48.8 Å². The SMILES string of the molecule is O=[N+]([O-])c1cc2c(NCCc3ccccc3)ncnc2cc1N1CCCNCC1. The van der Waals surface area contributed by atoms with Crippen LogP contribution in [0, 0.1) is 10.1 Å². The Morgan fingerprint density at radius 2 is 2.00 bits per heavy atom. The molecule has 0 atom stereocenters. The minimum absolute atomic E-state index is 0.0975. The highest BCUT2D eigenvalue weighted by atomic mass is 16.6. The van der Waals surface area contributed by atoms with E-state index < -0.39 is 0 Å². The Morgan fingerprint density at radius 1 is 1.14 bits per heavy atom. The molecule has 1 aliphatic heterocycles. The minimum Gasteiger partial charge on any atom is -0.369 e. The van der Waals surface area contributed by atoms with Gasteiger partial charge in [-0.25, -0.2) is 9.97 Å². The van der Waals surface area contributed by atoms with Gasteiger partial charge in [0.2, 0.25) is 0 Å². The summed E-state index contributed by atoms with van der Waals surface area (Å²) in [6.07, 6.45) is 3.30. The first-order chi connectivity index (χ1) is 14.2. The zero-order valence-corrected chi connectivity index (χ0v) is 16.2. The highest BCUT2D eigenvalue weighted by Gasteiger charge is 2.23. The molecule has 1 aromatic heterocycles. The van der Waals surface area contributed by atoms with Crippen LogP contribution in [0.25, 0.3) is 10.9 Å². The second kappa shape index (κ2) is 8.83. The average Bonchev–Trinajstić information content (AvgIpc) is 3.03. The van der Waals surface area contributed by atoms with Gasteiger partial charge in [-0.05, 0) is 31.0 Å². The number of benzene rings is 2. The molecule has 8 nitrogen and oxygen atoms in total. The Labute approximate surface area is 169 Å². The van der Waals surface area contributed by atoms with E-state index >= 15 is 0 Å². The van der Waals surface area contributed by atoms with Gasteiger partial charge < -0.3 is 15.5 Å². The zero-order valence-electron chi connectivity index (χ0n) is 16.2. The standard InChI is InChI=1S/C21H24N6O2/c28-27(29)20-13-17-18(14-19(20)26-11-4-8-22-10-12-26)24-15-25-21(17)23-9-7-16-5-2-1-3-6-16/h1-3,5-6,13-15,22H,4,7-12H2,(H,23,24,25). The van der Waals surface area contributed by atoms with Crippen LogP contribution in [0.5, 0.6) is 0 Å². The Morgan fingerprint density at radius 3 is 2.83 bits per heavy atom. The quantitative estimate of drug-likeness (QED) is 0.492. The molecule has 2 heterocycles. The molecule has 0 spiro atoms. The fourth-order valence-electron chi connectivity index (χ4n) is 3.68. The summed E-state index contributed by atoms with van der Waals surface area (Å²) < 4.78 is 0. The fourth-order valence-corrected chi connectivity index (χ4v) is 3.68. The van der Waals surface area contributed by atoms with Crippen LogP contribution in [0.3, 0.4) is 0 Å². The van der Waals surface area contributed by atoms with Crippen LogP contribution in [0.4, 0.5) is 17.2 Å². The number of nitro benzene ring substituents is 1. The number of nitro groups is 1. The van der Waals surface area contributed by atoms with Gasteiger partial charge in [0.1, 0.15) is 17.8 Å². The maximum atomic E-state index is 11.8. The lowest BCUT2D eigenvalue weighted by molar-refractivity contribution is -0.384. The molecule has 3 aromatic rings. The molecule has 150 valence electrons. The van der Waals surface area contributed by atoms with Crippen LogP contribution < -0.4 is 15.5 Å². The number of nitrogens with zero attached hydrogens (tertiary/aromatic N) is 4. The second-order valence-electron chi connectivity index (χ2n) is 7.09. The molecule has 0 amide bonds. The second-order valence-corrected chi connectivity index (χ2v) is 7.09. The molecule has 8 heteroatoms. The number of fused-ring (bicyclic) bond motifs is 1. The Kier molecular flexibility index (Phi) is 5.81. The number of hydrogen-bond donors (Lipinski definition) is 2. The maximum Gasteiger partial charge on any atom is 0.293 e. The lowest BCUT2D eigenvalue weighted by atomic mass is 10.1. The first-order valence-corrected chi connectivity index (χ1v) is 9.89. The molecular weight excluding hydrogens is 368 g/mol. The van der Waals surface area contributed by atoms with Crippen molar-refractivity contribution in [3.8, 4) is 0 Å². The van der Waals surface area contributed by atoms with Gasteiger partial charge in [-0.3, -0.25) is 10.1 Å². The first kappa shape index (κ1) is 19.1. The minimum atomic E-state index is -0.312. The Hall–Kier alpha value is -3.26. The smallest absolute Gasteiger partial charge is 0.293 e. The predicted molar refractivity (Wildman–Crippen MR) is 115 cm³/mol. The van der Waals surface area contributed by atoms with E-state index in [2.05, 4.69) is 37.6 Å². The molecule has 0 radical (unpaired) electrons. The summed E-state index contributed by atoms with van der Waals surface area (Å²) in [7, 11) is 0. The highest BCUT2D eigenvalue weighted by Crippen LogP contribution is 2.34. The van der Waals surface area contributed by atoms with Gasteiger partial charge in [0.25, 0.3) is 5.69 Å². The van der Waals surface area contributed by atoms with Crippen LogP contribution >= 0.6 is 0 Å². The van der Waals surface area contributed by atoms with Crippen molar-refractivity contribution in [3.05, 3.63) is 64.5 Å². The molecule has 2 aromatic carbocycles. The molecule has 0 unspecified atom stereocenters. The predicted octanol–water partition coefficient (Wildman–Crippen LogP) is 2.99. The number of aromatic nitrogens is 2. The van der Waals surface area contributed by atoms with E-state index in [0.29, 0.717) is 29.0 Å². The largest absolute Gasteiger partial charge is 0.369 e. The van der Waals surface area contributed by atoms with Gasteiger partial charge in [-0.2, -0.15) is 0 Å². The maximum absolute atomic E-state index is 11.8. The molecule has 4 rings (SSSR count). The summed E-state index contributed by atoms with van der Waals surface area (Å²) in [5, 5.41) is 19.1. The highest BCUT2D eigenvalue weighted by molar-refractivity contribution is 5.94. The van der Waals surface area contributed by atoms with E-state index in [-0.39, 0.29) is 10.6 Å². The summed E-state index contributed by atoms with van der Waals surface area (Å²) in [5.74, 6) is 0.623. The van der Waals surface area contributed by atoms with Crippen molar-refractivity contribution >= 4 is 28.1 Å². The van der Waals surface area contributed by atoms with Gasteiger partial charge in [-0.1, -0.05) is 30.3 Å². The van der Waals surface area contributed by atoms with E-state index in [0.717, 1.165) is 39.0 Å². The number of nitrogens with one attached hydrogen (secondary N) is 2. The first-order valence-electron chi connectivity index (χ1n) is 9.89. The van der Waals surface area contributed by atoms with Crippen molar-refractivity contribution in [2.24, 2.45) is 0 Å². The number of hydrogen-bond acceptors (Lipinski definition) is 7. The molecule has 1 aliphatic rings. The van der Waals surface area contributed by atoms with Crippen LogP contribution in [0.1, 0.15) is 12.0 Å². The lowest BCUT2D eigenvalue weighted by Crippen LogP contribution is -2.28. The number of anilines is 2. The van der Waals surface area contributed by atoms with Crippen molar-refractivity contribution in [2.45, 2.75) is 12.8 Å². The zero-order chi connectivity index (χ0) is 20.1. The Balaban J connectivity index is 1.63. The lowest BCUT2D eigenvalue weighted by Gasteiger charge is -2.22. The molecule has 1 saturated heterocycles. The van der Waals surface area contributed by atoms with Gasteiger partial charge in [0, 0.05) is 37.6 Å².